The molecule has 0 radical (unpaired) electrons. The molecular weight excluding hydrogens is 354 g/mol. The van der Waals surface area contributed by atoms with Crippen molar-refractivity contribution in [2.24, 2.45) is 0 Å². The lowest BCUT2D eigenvalue weighted by molar-refractivity contribution is 0.0450. The van der Waals surface area contributed by atoms with E-state index in [9.17, 15) is 13.2 Å². The summed E-state index contributed by atoms with van der Waals surface area (Å²) in [5, 5.41) is 0. The fourth-order valence-corrected chi connectivity index (χ4v) is 3.48. The van der Waals surface area contributed by atoms with Crippen LogP contribution in [0.25, 0.3) is 0 Å². The van der Waals surface area contributed by atoms with Gasteiger partial charge in [-0.15, -0.1) is 0 Å². The molecule has 0 aromatic heterocycles. The molecule has 0 unspecified atom stereocenters. The highest BCUT2D eigenvalue weighted by Crippen LogP contribution is 2.14. The van der Waals surface area contributed by atoms with Crippen LogP contribution < -0.4 is 9.46 Å². The first-order valence-electron chi connectivity index (χ1n) is 8.27. The average molecular weight is 377 g/mol. The largest absolute Gasteiger partial charge is 0.490 e. The highest BCUT2D eigenvalue weighted by Gasteiger charge is 2.17. The molecule has 2 aromatic rings. The summed E-state index contributed by atoms with van der Waals surface area (Å²) in [5.41, 5.74) is 1.30. The highest BCUT2D eigenvalue weighted by molar-refractivity contribution is 7.89. The van der Waals surface area contributed by atoms with Gasteiger partial charge >= 0.3 is 5.97 Å². The number of carbonyl (C=O) groups is 1. The van der Waals surface area contributed by atoms with E-state index < -0.39 is 16.0 Å². The van der Waals surface area contributed by atoms with E-state index in [1.165, 1.54) is 24.3 Å². The summed E-state index contributed by atoms with van der Waals surface area (Å²) in [4.78, 5) is 12.1. The monoisotopic (exact) mass is 377 g/mol. The van der Waals surface area contributed by atoms with Crippen molar-refractivity contribution < 1.29 is 22.7 Å². The van der Waals surface area contributed by atoms with Gasteiger partial charge in [-0.3, -0.25) is 0 Å². The molecule has 0 aliphatic rings. The lowest BCUT2D eigenvalue weighted by Crippen LogP contribution is -2.30. The van der Waals surface area contributed by atoms with Crippen molar-refractivity contribution in [2.75, 3.05) is 13.2 Å². The Morgan fingerprint density at radius 3 is 2.42 bits per heavy atom. The fraction of sp³-hybridized carbons (Fsp3) is 0.316. The summed E-state index contributed by atoms with van der Waals surface area (Å²) in [6.45, 7) is 5.71. The zero-order valence-corrected chi connectivity index (χ0v) is 15.9. The predicted octanol–water partition coefficient (Wildman–Crippen LogP) is 2.92. The maximum absolute atomic E-state index is 12.2. The van der Waals surface area contributed by atoms with E-state index in [2.05, 4.69) is 4.72 Å². The molecule has 2 rings (SSSR count). The Balaban J connectivity index is 1.91. The Morgan fingerprint density at radius 1 is 1.08 bits per heavy atom. The number of hydrogen-bond acceptors (Lipinski definition) is 5. The molecule has 6 nitrogen and oxygen atoms in total. The number of esters is 1. The van der Waals surface area contributed by atoms with Gasteiger partial charge in [0.2, 0.25) is 10.0 Å². The maximum Gasteiger partial charge on any atom is 0.338 e. The molecule has 1 N–H and O–H groups in total. The Hall–Kier alpha value is -2.38. The van der Waals surface area contributed by atoms with Gasteiger partial charge in [0, 0.05) is 6.04 Å². The Kier molecular flexibility index (Phi) is 6.76. The standard InChI is InChI=1S/C19H23NO5S/c1-14(2)20-26(22,23)18-6-4-5-16(13-18)19(21)25-12-11-24-17-9-7-15(3)8-10-17/h4-10,13-14,20H,11-12H2,1-3H3. The first-order valence-corrected chi connectivity index (χ1v) is 9.75. The van der Waals surface area contributed by atoms with Crippen molar-refractivity contribution in [3.63, 3.8) is 0 Å². The van der Waals surface area contributed by atoms with Crippen LogP contribution in [0.5, 0.6) is 5.75 Å². The van der Waals surface area contributed by atoms with Crippen LogP contribution in [0.2, 0.25) is 0 Å². The van der Waals surface area contributed by atoms with Crippen LogP contribution in [0.3, 0.4) is 0 Å². The molecule has 140 valence electrons. The molecule has 0 aliphatic carbocycles. The lowest BCUT2D eigenvalue weighted by atomic mass is 10.2. The van der Waals surface area contributed by atoms with Crippen molar-refractivity contribution in [3.05, 3.63) is 59.7 Å². The molecule has 0 atom stereocenters. The molecule has 0 fully saturated rings. The van der Waals surface area contributed by atoms with Crippen LogP contribution in [0.15, 0.2) is 53.4 Å². The molecule has 2 aromatic carbocycles. The zero-order chi connectivity index (χ0) is 19.2. The van der Waals surface area contributed by atoms with Crippen molar-refractivity contribution in [1.29, 1.82) is 0 Å². The van der Waals surface area contributed by atoms with Crippen LogP contribution in [-0.4, -0.2) is 33.6 Å². The van der Waals surface area contributed by atoms with Gasteiger partial charge in [-0.1, -0.05) is 23.8 Å². The second-order valence-electron chi connectivity index (χ2n) is 6.10. The number of aryl methyl sites for hydroxylation is 1. The van der Waals surface area contributed by atoms with Crippen molar-refractivity contribution in [2.45, 2.75) is 31.7 Å². The minimum absolute atomic E-state index is 0.0246. The Labute approximate surface area is 154 Å². The van der Waals surface area contributed by atoms with Crippen molar-refractivity contribution >= 4 is 16.0 Å². The topological polar surface area (TPSA) is 81.7 Å². The van der Waals surface area contributed by atoms with E-state index in [1.807, 2.05) is 31.2 Å². The number of rotatable bonds is 8. The third-order valence-electron chi connectivity index (χ3n) is 3.38. The Bertz CT molecular complexity index is 844. The predicted molar refractivity (Wildman–Crippen MR) is 98.9 cm³/mol. The third-order valence-corrected chi connectivity index (χ3v) is 5.03. The van der Waals surface area contributed by atoms with Gasteiger partial charge in [0.15, 0.2) is 0 Å². The molecule has 0 amide bonds. The molecule has 0 saturated heterocycles. The highest BCUT2D eigenvalue weighted by atomic mass is 32.2. The van der Waals surface area contributed by atoms with E-state index in [4.69, 9.17) is 9.47 Å². The van der Waals surface area contributed by atoms with E-state index in [-0.39, 0.29) is 29.7 Å². The van der Waals surface area contributed by atoms with Crippen molar-refractivity contribution in [3.8, 4) is 5.75 Å². The smallest absolute Gasteiger partial charge is 0.338 e. The molecular formula is C19H23NO5S. The first-order chi connectivity index (χ1) is 12.3. The molecule has 0 saturated carbocycles. The molecule has 0 aliphatic heterocycles. The normalized spacial score (nSPS) is 11.4. The van der Waals surface area contributed by atoms with E-state index in [1.54, 1.807) is 13.8 Å². The first kappa shape index (κ1) is 19.9. The van der Waals surface area contributed by atoms with Gasteiger partial charge < -0.3 is 9.47 Å². The van der Waals surface area contributed by atoms with E-state index in [0.29, 0.717) is 5.75 Å². The van der Waals surface area contributed by atoms with Crippen LogP contribution in [0, 0.1) is 6.92 Å². The zero-order valence-electron chi connectivity index (χ0n) is 15.1. The van der Waals surface area contributed by atoms with Gasteiger partial charge in [0.1, 0.15) is 19.0 Å². The molecule has 0 heterocycles. The summed E-state index contributed by atoms with van der Waals surface area (Å²) >= 11 is 0. The van der Waals surface area contributed by atoms with Gasteiger partial charge in [-0.2, -0.15) is 0 Å². The van der Waals surface area contributed by atoms with Gasteiger partial charge in [0.25, 0.3) is 0 Å². The third kappa shape index (κ3) is 5.86. The van der Waals surface area contributed by atoms with Crippen molar-refractivity contribution in [1.82, 2.24) is 4.72 Å². The lowest BCUT2D eigenvalue weighted by Gasteiger charge is -2.11. The van der Waals surface area contributed by atoms with Crippen LogP contribution >= 0.6 is 0 Å². The summed E-state index contributed by atoms with van der Waals surface area (Å²) < 4.78 is 37.5. The van der Waals surface area contributed by atoms with Crippen LogP contribution in [0.4, 0.5) is 0 Å². The van der Waals surface area contributed by atoms with E-state index >= 15 is 0 Å². The number of nitrogens with one attached hydrogen (secondary N) is 1. The fourth-order valence-electron chi connectivity index (χ4n) is 2.18. The van der Waals surface area contributed by atoms with Gasteiger partial charge in [-0.25, -0.2) is 17.9 Å². The van der Waals surface area contributed by atoms with Crippen LogP contribution in [-0.2, 0) is 14.8 Å². The second kappa shape index (κ2) is 8.82. The molecule has 0 bridgehead atoms. The number of carbonyl (C=O) groups excluding carboxylic acids is 1. The number of sulfonamides is 1. The molecule has 7 heteroatoms. The number of benzene rings is 2. The summed E-state index contributed by atoms with van der Waals surface area (Å²) in [6, 6.07) is 13.0. The minimum Gasteiger partial charge on any atom is -0.490 e. The minimum atomic E-state index is -3.66. The average Bonchev–Trinajstić information content (AvgIpc) is 2.59. The number of ether oxygens (including phenoxy) is 2. The Morgan fingerprint density at radius 2 is 1.77 bits per heavy atom. The summed E-state index contributed by atoms with van der Waals surface area (Å²) in [7, 11) is -3.66. The maximum atomic E-state index is 12.2. The summed E-state index contributed by atoms with van der Waals surface area (Å²) in [6.07, 6.45) is 0. The second-order valence-corrected chi connectivity index (χ2v) is 7.82. The number of hydrogen-bond donors (Lipinski definition) is 1. The molecule has 0 spiro atoms. The summed E-state index contributed by atoms with van der Waals surface area (Å²) in [5.74, 6) is 0.0959. The molecule has 26 heavy (non-hydrogen) atoms. The quantitative estimate of drug-likeness (QED) is 0.565. The van der Waals surface area contributed by atoms with Gasteiger partial charge in [0.05, 0.1) is 10.5 Å². The van der Waals surface area contributed by atoms with Gasteiger partial charge in [-0.05, 0) is 51.1 Å². The SMILES string of the molecule is Cc1ccc(OCCOC(=O)c2cccc(S(=O)(=O)NC(C)C)c2)cc1. The van der Waals surface area contributed by atoms with E-state index in [0.717, 1.165) is 5.56 Å². The van der Waals surface area contributed by atoms with Crippen LogP contribution in [0.1, 0.15) is 29.8 Å².